The molecule has 1 fully saturated rings. The van der Waals surface area contributed by atoms with Gasteiger partial charge in [0.2, 0.25) is 5.91 Å². The van der Waals surface area contributed by atoms with Crippen LogP contribution in [0.4, 0.5) is 13.2 Å². The number of hydrogen-bond donors (Lipinski definition) is 1. The van der Waals surface area contributed by atoms with Gasteiger partial charge in [-0.25, -0.2) is 0 Å². The Kier molecular flexibility index (Phi) is 7.16. The highest BCUT2D eigenvalue weighted by atomic mass is 19.4. The van der Waals surface area contributed by atoms with E-state index in [-0.39, 0.29) is 11.7 Å². The van der Waals surface area contributed by atoms with Crippen LogP contribution in [0.25, 0.3) is 11.1 Å². The third-order valence-electron chi connectivity index (χ3n) is 5.70. The van der Waals surface area contributed by atoms with Crippen molar-refractivity contribution in [3.63, 3.8) is 0 Å². The maximum absolute atomic E-state index is 12.7. The molecule has 2 N–H and O–H groups in total. The summed E-state index contributed by atoms with van der Waals surface area (Å²) in [6, 6.07) is 5.61. The van der Waals surface area contributed by atoms with Crippen LogP contribution in [0.1, 0.15) is 54.4 Å². The maximum Gasteiger partial charge on any atom is 0.573 e. The lowest BCUT2D eigenvalue weighted by molar-refractivity contribution is -0.274. The molecule has 2 amide bonds. The van der Waals surface area contributed by atoms with E-state index < -0.39 is 12.3 Å². The average Bonchev–Trinajstić information content (AvgIpc) is 3.22. The largest absolute Gasteiger partial charge is 0.573 e. The first kappa shape index (κ1) is 23.7. The number of primary amides is 1. The van der Waals surface area contributed by atoms with Crippen molar-refractivity contribution in [3.8, 4) is 16.9 Å². The number of rotatable bonds is 9. The van der Waals surface area contributed by atoms with E-state index in [2.05, 4.69) is 4.74 Å². The smallest absolute Gasteiger partial charge is 0.406 e. The molecule has 0 radical (unpaired) electrons. The Morgan fingerprint density at radius 2 is 2.00 bits per heavy atom. The second kappa shape index (κ2) is 9.67. The Balaban J connectivity index is 1.99. The average molecular weight is 451 g/mol. The number of hydrogen-bond acceptors (Lipinski definition) is 3. The summed E-state index contributed by atoms with van der Waals surface area (Å²) in [7, 11) is 0. The highest BCUT2D eigenvalue weighted by molar-refractivity contribution is 6.02. The van der Waals surface area contributed by atoms with Crippen LogP contribution in [0.5, 0.6) is 5.75 Å². The Morgan fingerprint density at radius 1 is 1.25 bits per heavy atom. The molecule has 9 heteroatoms. The van der Waals surface area contributed by atoms with Gasteiger partial charge in [-0.3, -0.25) is 9.59 Å². The number of carbonyl (C=O) groups excluding carboxylic acids is 2. The zero-order valence-electron chi connectivity index (χ0n) is 18.3. The van der Waals surface area contributed by atoms with Gasteiger partial charge >= 0.3 is 6.36 Å². The summed E-state index contributed by atoms with van der Waals surface area (Å²) in [5.74, 6) is -0.834. The number of alkyl halides is 3. The quantitative estimate of drug-likeness (QED) is 0.613. The number of amides is 2. The second-order valence-electron chi connectivity index (χ2n) is 7.96. The molecule has 0 atom stereocenters. The van der Waals surface area contributed by atoms with Gasteiger partial charge in [0.15, 0.2) is 0 Å². The molecular weight excluding hydrogens is 423 g/mol. The predicted octanol–water partition coefficient (Wildman–Crippen LogP) is 4.43. The minimum absolute atomic E-state index is 0.156. The maximum atomic E-state index is 12.7. The summed E-state index contributed by atoms with van der Waals surface area (Å²) in [4.78, 5) is 26.1. The van der Waals surface area contributed by atoms with Crippen LogP contribution in [0.3, 0.4) is 0 Å². The Hall–Kier alpha value is -2.97. The molecule has 2 aromatic rings. The van der Waals surface area contributed by atoms with Gasteiger partial charge in [-0.15, -0.1) is 13.2 Å². The predicted molar refractivity (Wildman–Crippen MR) is 114 cm³/mol. The van der Waals surface area contributed by atoms with E-state index in [1.54, 1.807) is 13.0 Å². The highest BCUT2D eigenvalue weighted by Crippen LogP contribution is 2.36. The fraction of sp³-hybridized carbons (Fsp3) is 0.478. The Morgan fingerprint density at radius 3 is 2.59 bits per heavy atom. The van der Waals surface area contributed by atoms with E-state index in [0.29, 0.717) is 54.7 Å². The normalized spacial score (nSPS) is 14.3. The summed E-state index contributed by atoms with van der Waals surface area (Å²) < 4.78 is 44.2. The molecule has 1 aromatic heterocycles. The van der Waals surface area contributed by atoms with E-state index >= 15 is 0 Å². The molecule has 1 aromatic carbocycles. The monoisotopic (exact) mass is 451 g/mol. The van der Waals surface area contributed by atoms with Crippen molar-refractivity contribution in [2.24, 2.45) is 5.73 Å². The molecule has 3 rings (SSSR count). The summed E-state index contributed by atoms with van der Waals surface area (Å²) in [6.07, 6.45) is -1.27. The number of benzene rings is 1. The van der Waals surface area contributed by atoms with Crippen molar-refractivity contribution in [1.29, 1.82) is 0 Å². The fourth-order valence-corrected chi connectivity index (χ4v) is 4.42. The van der Waals surface area contributed by atoms with Gasteiger partial charge < -0.3 is 19.9 Å². The van der Waals surface area contributed by atoms with E-state index in [1.165, 1.54) is 18.2 Å². The van der Waals surface area contributed by atoms with Crippen molar-refractivity contribution in [3.05, 3.63) is 41.2 Å². The summed E-state index contributed by atoms with van der Waals surface area (Å²) >= 11 is 0. The summed E-state index contributed by atoms with van der Waals surface area (Å²) in [5.41, 5.74) is 8.51. The third kappa shape index (κ3) is 5.26. The number of likely N-dealkylation sites (tertiary alicyclic amines) is 1. The molecule has 1 saturated heterocycles. The van der Waals surface area contributed by atoms with E-state index in [1.807, 2.05) is 16.4 Å². The van der Waals surface area contributed by atoms with Crippen molar-refractivity contribution < 1.29 is 27.5 Å². The number of aromatic nitrogens is 1. The Labute approximate surface area is 185 Å². The molecule has 32 heavy (non-hydrogen) atoms. The van der Waals surface area contributed by atoms with Gasteiger partial charge in [0.05, 0.1) is 5.56 Å². The van der Waals surface area contributed by atoms with E-state index in [4.69, 9.17) is 5.73 Å². The number of ether oxygens (including phenoxy) is 1. The first-order valence-electron chi connectivity index (χ1n) is 10.8. The molecule has 1 aliphatic heterocycles. The van der Waals surface area contributed by atoms with Crippen molar-refractivity contribution in [1.82, 2.24) is 9.47 Å². The van der Waals surface area contributed by atoms with Crippen molar-refractivity contribution in [2.75, 3.05) is 13.1 Å². The minimum Gasteiger partial charge on any atom is -0.406 e. The van der Waals surface area contributed by atoms with Gasteiger partial charge in [0, 0.05) is 43.0 Å². The molecule has 0 unspecified atom stereocenters. The van der Waals surface area contributed by atoms with Crippen LogP contribution < -0.4 is 10.5 Å². The number of carbonyl (C=O) groups is 2. The van der Waals surface area contributed by atoms with E-state index in [0.717, 1.165) is 25.1 Å². The lowest BCUT2D eigenvalue weighted by Gasteiger charge is -2.17. The first-order chi connectivity index (χ1) is 15.1. The van der Waals surface area contributed by atoms with Crippen molar-refractivity contribution >= 4 is 11.8 Å². The summed E-state index contributed by atoms with van der Waals surface area (Å²) in [5, 5.41) is 0. The fourth-order valence-electron chi connectivity index (χ4n) is 4.42. The Bertz CT molecular complexity index is 998. The molecule has 0 saturated carbocycles. The molecule has 6 nitrogen and oxygen atoms in total. The molecular formula is C23H28F3N3O3. The zero-order valence-corrected chi connectivity index (χ0v) is 18.3. The topological polar surface area (TPSA) is 77.6 Å². The number of halogens is 3. The van der Waals surface area contributed by atoms with Gasteiger partial charge in [0.25, 0.3) is 5.91 Å². The lowest BCUT2D eigenvalue weighted by atomic mass is 9.98. The van der Waals surface area contributed by atoms with E-state index in [9.17, 15) is 22.8 Å². The standard InChI is InChI=1S/C23H28F3N3O3/c1-3-7-18-21(16-8-4-9-17(14-16)32-23(24,25)26)20(22(27)31)15(2)29(18)13-6-12-28-11-5-10-19(28)30/h4,8-9,14H,3,5-7,10-13H2,1-2H3,(H2,27,31). The lowest BCUT2D eigenvalue weighted by Crippen LogP contribution is -2.26. The molecule has 2 heterocycles. The molecule has 0 aliphatic carbocycles. The molecule has 0 spiro atoms. The van der Waals surface area contributed by atoms with Crippen LogP contribution in [-0.4, -0.2) is 40.7 Å². The van der Waals surface area contributed by atoms with Crippen LogP contribution >= 0.6 is 0 Å². The minimum atomic E-state index is -4.81. The zero-order chi connectivity index (χ0) is 23.5. The summed E-state index contributed by atoms with van der Waals surface area (Å²) in [6.45, 7) is 5.74. The number of nitrogens with zero attached hydrogens (tertiary/aromatic N) is 2. The third-order valence-corrected chi connectivity index (χ3v) is 5.70. The number of nitrogens with two attached hydrogens (primary N) is 1. The SMILES string of the molecule is CCCc1c(-c2cccc(OC(F)(F)F)c2)c(C(N)=O)c(C)n1CCCN1CCCC1=O. The molecule has 0 bridgehead atoms. The molecule has 174 valence electrons. The van der Waals surface area contributed by atoms with Gasteiger partial charge in [-0.1, -0.05) is 25.5 Å². The van der Waals surface area contributed by atoms with Gasteiger partial charge in [0.1, 0.15) is 5.75 Å². The van der Waals surface area contributed by atoms with Crippen LogP contribution in [0.15, 0.2) is 24.3 Å². The first-order valence-corrected chi connectivity index (χ1v) is 10.8. The van der Waals surface area contributed by atoms with Gasteiger partial charge in [-0.2, -0.15) is 0 Å². The van der Waals surface area contributed by atoms with Crippen LogP contribution in [0.2, 0.25) is 0 Å². The second-order valence-corrected chi connectivity index (χ2v) is 7.96. The molecule has 1 aliphatic rings. The van der Waals surface area contributed by atoms with Crippen LogP contribution in [-0.2, 0) is 17.8 Å². The van der Waals surface area contributed by atoms with Gasteiger partial charge in [-0.05, 0) is 43.9 Å². The van der Waals surface area contributed by atoms with Crippen molar-refractivity contribution in [2.45, 2.75) is 58.9 Å². The van der Waals surface area contributed by atoms with Crippen LogP contribution in [0, 0.1) is 6.92 Å². The highest BCUT2D eigenvalue weighted by Gasteiger charge is 2.32.